The van der Waals surface area contributed by atoms with Gasteiger partial charge in [0.1, 0.15) is 0 Å². The van der Waals surface area contributed by atoms with Crippen LogP contribution in [-0.4, -0.2) is 37.0 Å². The molecule has 0 aromatic rings. The van der Waals surface area contributed by atoms with Crippen molar-refractivity contribution in [1.82, 2.24) is 10.2 Å². The van der Waals surface area contributed by atoms with Gasteiger partial charge in [0.15, 0.2) is 0 Å². The predicted octanol–water partition coefficient (Wildman–Crippen LogP) is 1.81. The number of rotatable bonds is 1. The van der Waals surface area contributed by atoms with Gasteiger partial charge in [0.05, 0.1) is 0 Å². The van der Waals surface area contributed by atoms with E-state index < -0.39 is 0 Å². The van der Waals surface area contributed by atoms with Gasteiger partial charge >= 0.3 is 0 Å². The number of nitrogens with zero attached hydrogens (tertiary/aromatic N) is 1. The SMILES string of the molecule is CCC(=O)N1CCC2(CCNCC2)CC1.Cl. The van der Waals surface area contributed by atoms with Crippen molar-refractivity contribution in [3.63, 3.8) is 0 Å². The number of amides is 1. The zero-order chi connectivity index (χ0) is 10.7. The molecule has 3 nitrogen and oxygen atoms in total. The minimum absolute atomic E-state index is 0. The topological polar surface area (TPSA) is 32.3 Å². The summed E-state index contributed by atoms with van der Waals surface area (Å²) in [5.41, 5.74) is 0.565. The van der Waals surface area contributed by atoms with Crippen molar-refractivity contribution in [2.24, 2.45) is 5.41 Å². The summed E-state index contributed by atoms with van der Waals surface area (Å²) in [6.07, 6.45) is 5.72. The van der Waals surface area contributed by atoms with Gasteiger partial charge in [-0.3, -0.25) is 4.79 Å². The Labute approximate surface area is 104 Å². The van der Waals surface area contributed by atoms with E-state index in [0.29, 0.717) is 17.7 Å². The molecule has 0 radical (unpaired) electrons. The average molecular weight is 247 g/mol. The highest BCUT2D eigenvalue weighted by atomic mass is 35.5. The van der Waals surface area contributed by atoms with E-state index in [1.807, 2.05) is 11.8 Å². The minimum Gasteiger partial charge on any atom is -0.343 e. The average Bonchev–Trinajstić information content (AvgIpc) is 2.30. The summed E-state index contributed by atoms with van der Waals surface area (Å²) < 4.78 is 0. The third-order valence-corrected chi connectivity index (χ3v) is 4.14. The summed E-state index contributed by atoms with van der Waals surface area (Å²) in [5.74, 6) is 0.332. The van der Waals surface area contributed by atoms with Crippen LogP contribution in [-0.2, 0) is 4.79 Å². The maximum Gasteiger partial charge on any atom is 0.222 e. The van der Waals surface area contributed by atoms with E-state index in [2.05, 4.69) is 5.32 Å². The first kappa shape index (κ1) is 13.8. The van der Waals surface area contributed by atoms with Crippen molar-refractivity contribution in [2.45, 2.75) is 39.0 Å². The van der Waals surface area contributed by atoms with Crippen molar-refractivity contribution in [3.05, 3.63) is 0 Å². The summed E-state index contributed by atoms with van der Waals surface area (Å²) in [7, 11) is 0. The van der Waals surface area contributed by atoms with Crippen LogP contribution in [0.4, 0.5) is 0 Å². The van der Waals surface area contributed by atoms with Crippen LogP contribution in [0.2, 0.25) is 0 Å². The maximum atomic E-state index is 11.6. The Hall–Kier alpha value is -0.280. The molecule has 2 saturated heterocycles. The number of carbonyl (C=O) groups is 1. The van der Waals surface area contributed by atoms with E-state index in [0.717, 1.165) is 13.1 Å². The Morgan fingerprint density at radius 3 is 2.25 bits per heavy atom. The first-order valence-electron chi connectivity index (χ1n) is 6.24. The van der Waals surface area contributed by atoms with Gasteiger partial charge in [-0.1, -0.05) is 6.92 Å². The normalized spacial score (nSPS) is 23.9. The maximum absolute atomic E-state index is 11.6. The van der Waals surface area contributed by atoms with Crippen molar-refractivity contribution in [3.8, 4) is 0 Å². The molecule has 0 saturated carbocycles. The molecule has 2 rings (SSSR count). The lowest BCUT2D eigenvalue weighted by Gasteiger charge is -2.44. The van der Waals surface area contributed by atoms with Crippen molar-refractivity contribution in [2.75, 3.05) is 26.2 Å². The number of piperidine rings is 2. The van der Waals surface area contributed by atoms with E-state index in [9.17, 15) is 4.79 Å². The van der Waals surface area contributed by atoms with E-state index in [4.69, 9.17) is 0 Å². The number of halogens is 1. The van der Waals surface area contributed by atoms with Crippen LogP contribution in [0.15, 0.2) is 0 Å². The Balaban J connectivity index is 0.00000128. The monoisotopic (exact) mass is 246 g/mol. The zero-order valence-electron chi connectivity index (χ0n) is 10.1. The third-order valence-electron chi connectivity index (χ3n) is 4.14. The standard InChI is InChI=1S/C12H22N2O.ClH/c1-2-11(15)14-9-5-12(6-10-14)3-7-13-8-4-12;/h13H,2-10H2,1H3;1H. The number of carbonyl (C=O) groups excluding carboxylic acids is 1. The van der Waals surface area contributed by atoms with Gasteiger partial charge in [-0.05, 0) is 44.2 Å². The highest BCUT2D eigenvalue weighted by Crippen LogP contribution is 2.39. The molecule has 94 valence electrons. The molecule has 2 aliphatic heterocycles. The molecule has 0 atom stereocenters. The fraction of sp³-hybridized carbons (Fsp3) is 0.917. The Kier molecular flexibility index (Phi) is 5.06. The Morgan fingerprint density at radius 1 is 1.19 bits per heavy atom. The van der Waals surface area contributed by atoms with Crippen LogP contribution < -0.4 is 5.32 Å². The summed E-state index contributed by atoms with van der Waals surface area (Å²) in [5, 5.41) is 3.42. The molecule has 2 heterocycles. The summed E-state index contributed by atoms with van der Waals surface area (Å²) in [6, 6.07) is 0. The van der Waals surface area contributed by atoms with Crippen molar-refractivity contribution < 1.29 is 4.79 Å². The third kappa shape index (κ3) is 2.89. The molecular formula is C12H23ClN2O. The van der Waals surface area contributed by atoms with E-state index in [1.54, 1.807) is 0 Å². The molecule has 2 aliphatic rings. The van der Waals surface area contributed by atoms with Crippen LogP contribution in [0.5, 0.6) is 0 Å². The van der Waals surface area contributed by atoms with E-state index >= 15 is 0 Å². The number of hydrogen-bond donors (Lipinski definition) is 1. The van der Waals surface area contributed by atoms with Gasteiger partial charge < -0.3 is 10.2 Å². The lowest BCUT2D eigenvalue weighted by molar-refractivity contribution is -0.133. The molecule has 0 aliphatic carbocycles. The Morgan fingerprint density at radius 2 is 1.75 bits per heavy atom. The zero-order valence-corrected chi connectivity index (χ0v) is 10.9. The second-order valence-electron chi connectivity index (χ2n) is 4.98. The largest absolute Gasteiger partial charge is 0.343 e. The second kappa shape index (κ2) is 5.87. The van der Waals surface area contributed by atoms with Gasteiger partial charge in [-0.25, -0.2) is 0 Å². The molecule has 1 spiro atoms. The van der Waals surface area contributed by atoms with Gasteiger partial charge in [0.2, 0.25) is 5.91 Å². The minimum atomic E-state index is 0. The number of likely N-dealkylation sites (tertiary alicyclic amines) is 1. The fourth-order valence-electron chi connectivity index (χ4n) is 2.91. The van der Waals surface area contributed by atoms with Gasteiger partial charge in [-0.2, -0.15) is 0 Å². The van der Waals surface area contributed by atoms with E-state index in [-0.39, 0.29) is 12.4 Å². The fourth-order valence-corrected chi connectivity index (χ4v) is 2.91. The lowest BCUT2D eigenvalue weighted by atomic mass is 9.71. The van der Waals surface area contributed by atoms with Crippen LogP contribution in [0, 0.1) is 5.41 Å². The van der Waals surface area contributed by atoms with Crippen LogP contribution in [0.25, 0.3) is 0 Å². The first-order valence-corrected chi connectivity index (χ1v) is 6.24. The van der Waals surface area contributed by atoms with Crippen LogP contribution >= 0.6 is 12.4 Å². The Bertz CT molecular complexity index is 229. The van der Waals surface area contributed by atoms with Crippen LogP contribution in [0.3, 0.4) is 0 Å². The molecule has 0 aromatic heterocycles. The first-order chi connectivity index (χ1) is 7.26. The molecule has 0 aromatic carbocycles. The van der Waals surface area contributed by atoms with Gasteiger partial charge in [-0.15, -0.1) is 12.4 Å². The summed E-state index contributed by atoms with van der Waals surface area (Å²) >= 11 is 0. The smallest absolute Gasteiger partial charge is 0.222 e. The van der Waals surface area contributed by atoms with E-state index in [1.165, 1.54) is 38.8 Å². The summed E-state index contributed by atoms with van der Waals surface area (Å²) in [6.45, 7) is 6.28. The molecule has 16 heavy (non-hydrogen) atoms. The number of hydrogen-bond acceptors (Lipinski definition) is 2. The second-order valence-corrected chi connectivity index (χ2v) is 4.98. The molecular weight excluding hydrogens is 224 g/mol. The lowest BCUT2D eigenvalue weighted by Crippen LogP contribution is -2.47. The molecule has 2 fully saturated rings. The predicted molar refractivity (Wildman–Crippen MR) is 67.9 cm³/mol. The van der Waals surface area contributed by atoms with Crippen molar-refractivity contribution in [1.29, 1.82) is 0 Å². The highest BCUT2D eigenvalue weighted by molar-refractivity contribution is 5.85. The highest BCUT2D eigenvalue weighted by Gasteiger charge is 2.36. The quantitative estimate of drug-likeness (QED) is 0.766. The number of nitrogens with one attached hydrogen (secondary N) is 1. The van der Waals surface area contributed by atoms with Gasteiger partial charge in [0.25, 0.3) is 0 Å². The summed E-state index contributed by atoms with van der Waals surface area (Å²) in [4.78, 5) is 13.6. The van der Waals surface area contributed by atoms with Gasteiger partial charge in [0, 0.05) is 19.5 Å². The molecule has 1 amide bonds. The molecule has 4 heteroatoms. The van der Waals surface area contributed by atoms with Crippen molar-refractivity contribution >= 4 is 18.3 Å². The molecule has 0 bridgehead atoms. The van der Waals surface area contributed by atoms with Crippen LogP contribution in [0.1, 0.15) is 39.0 Å². The molecule has 0 unspecified atom stereocenters. The molecule has 1 N–H and O–H groups in total.